The molecule has 5 aromatic carbocycles. The van der Waals surface area contributed by atoms with Crippen molar-refractivity contribution in [2.75, 3.05) is 5.32 Å². The monoisotopic (exact) mass is 529 g/mol. The molecule has 1 atom stereocenters. The van der Waals surface area contributed by atoms with E-state index >= 15 is 0 Å². The van der Waals surface area contributed by atoms with Gasteiger partial charge in [-0.05, 0) is 77.4 Å². The summed E-state index contributed by atoms with van der Waals surface area (Å²) in [5.74, 6) is 0.634. The van der Waals surface area contributed by atoms with Crippen LogP contribution in [0.5, 0.6) is 17.2 Å². The molecule has 0 spiro atoms. The summed E-state index contributed by atoms with van der Waals surface area (Å²) in [6.45, 7) is 0. The Bertz CT molecular complexity index is 1550. The summed E-state index contributed by atoms with van der Waals surface area (Å²) < 4.78 is 11.5. The molecule has 6 heteroatoms. The van der Waals surface area contributed by atoms with Crippen molar-refractivity contribution in [2.24, 2.45) is 0 Å². The molecular formula is C34H27NO5. The summed E-state index contributed by atoms with van der Waals surface area (Å²) in [5.41, 5.74) is 3.98. The van der Waals surface area contributed by atoms with Crippen LogP contribution >= 0.6 is 0 Å². The molecule has 0 heterocycles. The van der Waals surface area contributed by atoms with Crippen LogP contribution in [0.2, 0.25) is 0 Å². The Morgan fingerprint density at radius 1 is 0.625 bits per heavy atom. The number of aliphatic carboxylic acids is 1. The molecule has 0 saturated heterocycles. The van der Waals surface area contributed by atoms with E-state index in [9.17, 15) is 14.7 Å². The summed E-state index contributed by atoms with van der Waals surface area (Å²) in [4.78, 5) is 24.4. The molecule has 0 saturated carbocycles. The second kappa shape index (κ2) is 12.5. The zero-order valence-corrected chi connectivity index (χ0v) is 21.6. The first kappa shape index (κ1) is 26.3. The molecule has 40 heavy (non-hydrogen) atoms. The minimum atomic E-state index is -1.01. The van der Waals surface area contributed by atoms with Crippen molar-refractivity contribution in [3.63, 3.8) is 0 Å². The van der Waals surface area contributed by atoms with E-state index in [1.165, 1.54) is 0 Å². The summed E-state index contributed by atoms with van der Waals surface area (Å²) >= 11 is 0. The van der Waals surface area contributed by atoms with Gasteiger partial charge in [0.15, 0.2) is 6.10 Å². The van der Waals surface area contributed by atoms with Crippen molar-refractivity contribution < 1.29 is 24.2 Å². The van der Waals surface area contributed by atoms with Gasteiger partial charge < -0.3 is 19.9 Å². The number of hydrogen-bond acceptors (Lipinski definition) is 4. The first-order chi connectivity index (χ1) is 19.5. The van der Waals surface area contributed by atoms with Crippen LogP contribution in [0.25, 0.3) is 11.1 Å². The fourth-order valence-corrected chi connectivity index (χ4v) is 4.15. The number of rotatable bonds is 10. The molecule has 0 fully saturated rings. The fourth-order valence-electron chi connectivity index (χ4n) is 4.15. The number of hydrogen-bond donors (Lipinski definition) is 2. The number of carboxylic acid groups (broad SMARTS) is 1. The van der Waals surface area contributed by atoms with E-state index in [0.29, 0.717) is 22.7 Å². The van der Waals surface area contributed by atoms with Crippen LogP contribution in [0.3, 0.4) is 0 Å². The normalized spacial score (nSPS) is 11.3. The zero-order chi connectivity index (χ0) is 27.7. The van der Waals surface area contributed by atoms with Crippen LogP contribution in [0, 0.1) is 0 Å². The third kappa shape index (κ3) is 6.94. The maximum Gasteiger partial charge on any atom is 0.345 e. The molecule has 1 unspecified atom stereocenters. The highest BCUT2D eigenvalue weighted by Crippen LogP contribution is 2.26. The van der Waals surface area contributed by atoms with Gasteiger partial charge in [0.2, 0.25) is 0 Å². The highest BCUT2D eigenvalue weighted by atomic mass is 16.5. The molecule has 5 aromatic rings. The topological polar surface area (TPSA) is 84.9 Å². The lowest BCUT2D eigenvalue weighted by molar-refractivity contribution is -0.145. The van der Waals surface area contributed by atoms with Gasteiger partial charge in [-0.25, -0.2) is 4.79 Å². The molecule has 5 rings (SSSR count). The van der Waals surface area contributed by atoms with Crippen LogP contribution in [0.1, 0.15) is 15.9 Å². The molecular weight excluding hydrogens is 502 g/mol. The largest absolute Gasteiger partial charge is 0.478 e. The molecule has 1 amide bonds. The minimum Gasteiger partial charge on any atom is -0.478 e. The number of anilines is 1. The molecule has 0 aliphatic rings. The predicted molar refractivity (Wildman–Crippen MR) is 155 cm³/mol. The molecule has 0 aromatic heterocycles. The third-order valence-electron chi connectivity index (χ3n) is 6.24. The van der Waals surface area contributed by atoms with E-state index in [-0.39, 0.29) is 12.3 Å². The number of carbonyl (C=O) groups is 2. The van der Waals surface area contributed by atoms with Gasteiger partial charge in [-0.1, -0.05) is 72.8 Å². The first-order valence-electron chi connectivity index (χ1n) is 12.8. The Morgan fingerprint density at radius 2 is 1.15 bits per heavy atom. The Hall–Kier alpha value is -5.36. The molecule has 0 radical (unpaired) electrons. The number of ether oxygens (including phenoxy) is 2. The molecule has 0 bridgehead atoms. The minimum absolute atomic E-state index is 0.219. The number of benzene rings is 5. The third-order valence-corrected chi connectivity index (χ3v) is 6.24. The molecule has 0 aliphatic heterocycles. The van der Waals surface area contributed by atoms with Crippen molar-refractivity contribution in [1.82, 2.24) is 0 Å². The van der Waals surface area contributed by atoms with Crippen LogP contribution in [-0.2, 0) is 11.2 Å². The van der Waals surface area contributed by atoms with Crippen molar-refractivity contribution in [3.05, 3.63) is 145 Å². The first-order valence-corrected chi connectivity index (χ1v) is 12.8. The Labute approximate surface area is 232 Å². The molecule has 198 valence electrons. The van der Waals surface area contributed by atoms with Gasteiger partial charge in [0.25, 0.3) is 5.91 Å². The summed E-state index contributed by atoms with van der Waals surface area (Å²) in [6.07, 6.45) is -0.708. The van der Waals surface area contributed by atoms with E-state index < -0.39 is 12.1 Å². The Kier molecular flexibility index (Phi) is 8.18. The maximum absolute atomic E-state index is 12.7. The standard InChI is InChI=1S/C34H27NO5/c36-33(27-15-21-30(22-16-27)39-29-9-5-2-6-10-29)35-28-17-11-25(12-18-28)26-13-19-31(20-14-26)40-32(34(37)38)23-24-7-3-1-4-8-24/h1-22,32H,23H2,(H,35,36)(H,37,38). The number of nitrogens with one attached hydrogen (secondary N) is 1. The quantitative estimate of drug-likeness (QED) is 0.196. The van der Waals surface area contributed by atoms with Crippen LogP contribution < -0.4 is 14.8 Å². The average Bonchev–Trinajstić information content (AvgIpc) is 2.99. The Balaban J connectivity index is 1.17. The zero-order valence-electron chi connectivity index (χ0n) is 21.6. The second-order valence-electron chi connectivity index (χ2n) is 9.13. The van der Waals surface area contributed by atoms with Crippen molar-refractivity contribution >= 4 is 17.6 Å². The van der Waals surface area contributed by atoms with Crippen LogP contribution in [-0.4, -0.2) is 23.1 Å². The highest BCUT2D eigenvalue weighted by Gasteiger charge is 2.20. The van der Waals surface area contributed by atoms with Gasteiger partial charge in [0, 0.05) is 17.7 Å². The van der Waals surface area contributed by atoms with E-state index in [1.807, 2.05) is 97.1 Å². The van der Waals surface area contributed by atoms with Gasteiger partial charge in [0.05, 0.1) is 0 Å². The number of carbonyl (C=O) groups excluding carboxylic acids is 1. The number of amides is 1. The summed E-state index contributed by atoms with van der Waals surface area (Å²) in [7, 11) is 0. The molecule has 0 aliphatic carbocycles. The lowest BCUT2D eigenvalue weighted by Gasteiger charge is -2.15. The fraction of sp³-hybridized carbons (Fsp3) is 0.0588. The SMILES string of the molecule is O=C(Nc1ccc(-c2ccc(OC(Cc3ccccc3)C(=O)O)cc2)cc1)c1ccc(Oc2ccccc2)cc1. The second-order valence-corrected chi connectivity index (χ2v) is 9.13. The van der Waals surface area contributed by atoms with Gasteiger partial charge >= 0.3 is 5.97 Å². The smallest absolute Gasteiger partial charge is 0.345 e. The summed E-state index contributed by atoms with van der Waals surface area (Å²) in [6, 6.07) is 40.6. The number of para-hydroxylation sites is 1. The lowest BCUT2D eigenvalue weighted by atomic mass is 10.0. The van der Waals surface area contributed by atoms with Gasteiger partial charge in [-0.3, -0.25) is 4.79 Å². The highest BCUT2D eigenvalue weighted by molar-refractivity contribution is 6.04. The van der Waals surface area contributed by atoms with Crippen molar-refractivity contribution in [1.29, 1.82) is 0 Å². The predicted octanol–water partition coefficient (Wildman–Crippen LogP) is 7.47. The molecule has 2 N–H and O–H groups in total. The van der Waals surface area contributed by atoms with Crippen molar-refractivity contribution in [2.45, 2.75) is 12.5 Å². The van der Waals surface area contributed by atoms with E-state index in [4.69, 9.17) is 9.47 Å². The van der Waals surface area contributed by atoms with E-state index in [1.54, 1.807) is 36.4 Å². The van der Waals surface area contributed by atoms with Gasteiger partial charge in [-0.15, -0.1) is 0 Å². The van der Waals surface area contributed by atoms with E-state index in [2.05, 4.69) is 5.32 Å². The lowest BCUT2D eigenvalue weighted by Crippen LogP contribution is -2.29. The van der Waals surface area contributed by atoms with Gasteiger partial charge in [0.1, 0.15) is 17.2 Å². The van der Waals surface area contributed by atoms with Gasteiger partial charge in [-0.2, -0.15) is 0 Å². The van der Waals surface area contributed by atoms with Crippen LogP contribution in [0.4, 0.5) is 5.69 Å². The Morgan fingerprint density at radius 3 is 1.75 bits per heavy atom. The molecule has 6 nitrogen and oxygen atoms in total. The summed E-state index contributed by atoms with van der Waals surface area (Å²) in [5, 5.41) is 12.5. The van der Waals surface area contributed by atoms with E-state index in [0.717, 1.165) is 22.4 Å². The maximum atomic E-state index is 12.7. The average molecular weight is 530 g/mol. The van der Waals surface area contributed by atoms with Crippen LogP contribution in [0.15, 0.2) is 133 Å². The van der Waals surface area contributed by atoms with Crippen molar-refractivity contribution in [3.8, 4) is 28.4 Å². The number of carboxylic acids is 1.